The minimum absolute atomic E-state index is 0.0227. The topological polar surface area (TPSA) is 88.1 Å². The molecule has 2 aromatic rings. The minimum atomic E-state index is -0.818. The fourth-order valence-corrected chi connectivity index (χ4v) is 3.99. The summed E-state index contributed by atoms with van der Waals surface area (Å²) in [7, 11) is 0. The van der Waals surface area contributed by atoms with E-state index in [0.717, 1.165) is 22.4 Å². The number of likely N-dealkylation sites (tertiary alicyclic amines) is 1. The molecule has 0 bridgehead atoms. The van der Waals surface area contributed by atoms with Gasteiger partial charge in [-0.3, -0.25) is 4.79 Å². The quantitative estimate of drug-likeness (QED) is 0.626. The Hall–Kier alpha value is -3.06. The Balaban J connectivity index is 1.59. The van der Waals surface area contributed by atoms with Gasteiger partial charge in [0.25, 0.3) is 0 Å². The number of hydrogen-bond donors (Lipinski definition) is 2. The average Bonchev–Trinajstić information content (AvgIpc) is 3.12. The van der Waals surface area contributed by atoms with E-state index in [-0.39, 0.29) is 18.5 Å². The number of aryl methyl sites for hydroxylation is 1. The summed E-state index contributed by atoms with van der Waals surface area (Å²) >= 11 is 0. The fraction of sp³-hybridized carbons (Fsp3) is 0.462. The molecule has 2 aromatic carbocycles. The molecule has 2 amide bonds. The minimum Gasteiger partial charge on any atom is -0.489 e. The van der Waals surface area contributed by atoms with Gasteiger partial charge in [0.1, 0.15) is 18.0 Å². The Morgan fingerprint density at radius 2 is 1.94 bits per heavy atom. The lowest BCUT2D eigenvalue weighted by Crippen LogP contribution is -2.43. The first-order valence-corrected chi connectivity index (χ1v) is 11.4. The van der Waals surface area contributed by atoms with Crippen LogP contribution < -0.4 is 10.1 Å². The average molecular weight is 455 g/mol. The van der Waals surface area contributed by atoms with Gasteiger partial charge in [0.05, 0.1) is 12.1 Å². The van der Waals surface area contributed by atoms with Gasteiger partial charge in [-0.25, -0.2) is 4.79 Å². The van der Waals surface area contributed by atoms with Crippen LogP contribution in [0.4, 0.5) is 4.79 Å². The number of aliphatic hydroxyl groups excluding tert-OH is 1. The van der Waals surface area contributed by atoms with Gasteiger partial charge in [-0.2, -0.15) is 0 Å². The highest BCUT2D eigenvalue weighted by molar-refractivity contribution is 5.79. The molecular formula is C26H34N2O5. The molecule has 2 N–H and O–H groups in total. The number of amides is 2. The van der Waals surface area contributed by atoms with E-state index >= 15 is 0 Å². The van der Waals surface area contributed by atoms with Crippen LogP contribution in [0.15, 0.2) is 48.5 Å². The van der Waals surface area contributed by atoms with E-state index in [4.69, 9.17) is 9.47 Å². The normalized spacial score (nSPS) is 17.1. The maximum absolute atomic E-state index is 12.4. The van der Waals surface area contributed by atoms with Gasteiger partial charge in [-0.05, 0) is 62.9 Å². The Labute approximate surface area is 195 Å². The van der Waals surface area contributed by atoms with Crippen LogP contribution in [0.5, 0.6) is 5.75 Å². The lowest BCUT2D eigenvalue weighted by Gasteiger charge is -2.30. The highest BCUT2D eigenvalue weighted by Crippen LogP contribution is 2.33. The van der Waals surface area contributed by atoms with Crippen molar-refractivity contribution in [3.63, 3.8) is 0 Å². The van der Waals surface area contributed by atoms with E-state index in [1.165, 1.54) is 0 Å². The highest BCUT2D eigenvalue weighted by atomic mass is 16.6. The molecule has 0 saturated carbocycles. The summed E-state index contributed by atoms with van der Waals surface area (Å²) in [5.41, 5.74) is 2.17. The van der Waals surface area contributed by atoms with Crippen LogP contribution in [0.1, 0.15) is 56.4 Å². The van der Waals surface area contributed by atoms with Crippen LogP contribution in [-0.4, -0.2) is 46.7 Å². The molecule has 0 radical (unpaired) electrons. The first-order chi connectivity index (χ1) is 15.6. The largest absolute Gasteiger partial charge is 0.489 e. The third kappa shape index (κ3) is 6.96. The molecule has 178 valence electrons. The van der Waals surface area contributed by atoms with E-state index in [9.17, 15) is 14.7 Å². The molecule has 7 nitrogen and oxygen atoms in total. The zero-order chi connectivity index (χ0) is 24.0. The van der Waals surface area contributed by atoms with Crippen molar-refractivity contribution in [2.45, 2.75) is 64.9 Å². The number of benzene rings is 2. The predicted octanol–water partition coefficient (Wildman–Crippen LogP) is 4.12. The van der Waals surface area contributed by atoms with Crippen molar-refractivity contribution in [1.29, 1.82) is 0 Å². The van der Waals surface area contributed by atoms with Crippen LogP contribution >= 0.6 is 0 Å². The van der Waals surface area contributed by atoms with Crippen molar-refractivity contribution in [2.24, 2.45) is 0 Å². The van der Waals surface area contributed by atoms with E-state index in [0.29, 0.717) is 26.0 Å². The predicted molar refractivity (Wildman–Crippen MR) is 126 cm³/mol. The summed E-state index contributed by atoms with van der Waals surface area (Å²) < 4.78 is 11.1. The summed E-state index contributed by atoms with van der Waals surface area (Å²) in [6.07, 6.45) is -0.391. The number of carbonyl (C=O) groups is 2. The van der Waals surface area contributed by atoms with Crippen LogP contribution in [0.25, 0.3) is 0 Å². The van der Waals surface area contributed by atoms with E-state index in [2.05, 4.69) is 5.32 Å². The van der Waals surface area contributed by atoms with Crippen molar-refractivity contribution in [3.05, 3.63) is 65.2 Å². The number of nitrogens with zero attached hydrogens (tertiary/aromatic N) is 1. The van der Waals surface area contributed by atoms with Gasteiger partial charge in [-0.15, -0.1) is 0 Å². The number of alkyl carbamates (subject to hydrolysis) is 1. The molecule has 1 unspecified atom stereocenters. The van der Waals surface area contributed by atoms with Gasteiger partial charge in [-0.1, -0.05) is 36.4 Å². The zero-order valence-electron chi connectivity index (χ0n) is 19.8. The monoisotopic (exact) mass is 454 g/mol. The van der Waals surface area contributed by atoms with Gasteiger partial charge >= 0.3 is 6.09 Å². The Bertz CT molecular complexity index is 955. The van der Waals surface area contributed by atoms with Gasteiger partial charge < -0.3 is 24.8 Å². The lowest BCUT2D eigenvalue weighted by atomic mass is 9.96. The highest BCUT2D eigenvalue weighted by Gasteiger charge is 2.36. The lowest BCUT2D eigenvalue weighted by molar-refractivity contribution is -0.130. The molecular weight excluding hydrogens is 420 g/mol. The SMILES string of the molecule is Cc1cc(OCc2ccccc2)ccc1C(O)[C@@H]1CCC(=O)N1CCNC(=O)OC(C)(C)C. The zero-order valence-corrected chi connectivity index (χ0v) is 19.8. The standard InChI is InChI=1S/C26H34N2O5/c1-18-16-20(32-17-19-8-6-5-7-9-19)10-11-21(18)24(30)22-12-13-23(29)28(22)15-14-27-25(31)33-26(2,3)4/h5-11,16,22,24,30H,12-15,17H2,1-4H3,(H,27,31)/t22-,24?/m0/s1. The number of carbonyl (C=O) groups excluding carboxylic acids is 2. The first-order valence-electron chi connectivity index (χ1n) is 11.4. The summed E-state index contributed by atoms with van der Waals surface area (Å²) in [6, 6.07) is 15.2. The molecule has 1 fully saturated rings. The molecule has 3 rings (SSSR count). The summed E-state index contributed by atoms with van der Waals surface area (Å²) in [5.74, 6) is 0.707. The molecule has 1 heterocycles. The second kappa shape index (κ2) is 10.7. The first kappa shape index (κ1) is 24.6. The second-order valence-electron chi connectivity index (χ2n) is 9.36. The number of rotatable bonds is 8. The number of ether oxygens (including phenoxy) is 2. The maximum Gasteiger partial charge on any atom is 0.407 e. The molecule has 0 aromatic heterocycles. The number of nitrogens with one attached hydrogen (secondary N) is 1. The summed E-state index contributed by atoms with van der Waals surface area (Å²) in [4.78, 5) is 26.0. The van der Waals surface area contributed by atoms with Crippen LogP contribution in [0.2, 0.25) is 0 Å². The van der Waals surface area contributed by atoms with Crippen LogP contribution in [-0.2, 0) is 16.1 Å². The molecule has 0 spiro atoms. The second-order valence-corrected chi connectivity index (χ2v) is 9.36. The van der Waals surface area contributed by atoms with Gasteiger partial charge in [0.2, 0.25) is 5.91 Å². The van der Waals surface area contributed by atoms with Crippen molar-refractivity contribution in [3.8, 4) is 5.75 Å². The van der Waals surface area contributed by atoms with Crippen molar-refractivity contribution in [1.82, 2.24) is 10.2 Å². The molecule has 1 saturated heterocycles. The number of aliphatic hydroxyl groups is 1. The van der Waals surface area contributed by atoms with Crippen LogP contribution in [0.3, 0.4) is 0 Å². The van der Waals surface area contributed by atoms with Gasteiger partial charge in [0, 0.05) is 19.5 Å². The molecule has 7 heteroatoms. The van der Waals surface area contributed by atoms with Crippen molar-refractivity contribution < 1.29 is 24.2 Å². The van der Waals surface area contributed by atoms with Gasteiger partial charge in [0.15, 0.2) is 0 Å². The van der Waals surface area contributed by atoms with E-state index in [1.54, 1.807) is 25.7 Å². The van der Waals surface area contributed by atoms with Crippen molar-refractivity contribution >= 4 is 12.0 Å². The summed E-state index contributed by atoms with van der Waals surface area (Å²) in [6.45, 7) is 8.36. The molecule has 33 heavy (non-hydrogen) atoms. The summed E-state index contributed by atoms with van der Waals surface area (Å²) in [5, 5.41) is 13.8. The fourth-order valence-electron chi connectivity index (χ4n) is 3.99. The molecule has 0 aliphatic carbocycles. The third-order valence-corrected chi connectivity index (χ3v) is 5.57. The Morgan fingerprint density at radius 1 is 1.21 bits per heavy atom. The number of hydrogen-bond acceptors (Lipinski definition) is 5. The Morgan fingerprint density at radius 3 is 2.61 bits per heavy atom. The van der Waals surface area contributed by atoms with Crippen LogP contribution in [0, 0.1) is 6.92 Å². The third-order valence-electron chi connectivity index (χ3n) is 5.57. The van der Waals surface area contributed by atoms with E-state index in [1.807, 2.05) is 55.5 Å². The molecule has 2 atom stereocenters. The Kier molecular flexibility index (Phi) is 7.97. The molecule has 1 aliphatic rings. The van der Waals surface area contributed by atoms with E-state index < -0.39 is 17.8 Å². The smallest absolute Gasteiger partial charge is 0.407 e. The van der Waals surface area contributed by atoms with Crippen molar-refractivity contribution in [2.75, 3.05) is 13.1 Å². The maximum atomic E-state index is 12.4. The molecule has 1 aliphatic heterocycles.